The Balaban J connectivity index is 1.57. The second kappa shape index (κ2) is 8.25. The molecule has 3 heterocycles. The van der Waals surface area contributed by atoms with Crippen LogP contribution < -0.4 is 4.90 Å². The average Bonchev–Trinajstić information content (AvgIpc) is 3.19. The third-order valence-corrected chi connectivity index (χ3v) is 5.39. The Morgan fingerprint density at radius 1 is 0.969 bits per heavy atom. The number of aryl methyl sites for hydroxylation is 3. The first-order valence-electron chi connectivity index (χ1n) is 10.2. The molecular formula is C22H23F3N6O. The minimum atomic E-state index is -4.73. The van der Waals surface area contributed by atoms with Crippen LogP contribution in [0.2, 0.25) is 0 Å². The largest absolute Gasteiger partial charge is 0.434 e. The van der Waals surface area contributed by atoms with E-state index in [-0.39, 0.29) is 18.8 Å². The zero-order chi connectivity index (χ0) is 23.0. The molecule has 1 saturated heterocycles. The molecule has 3 aromatic rings. The van der Waals surface area contributed by atoms with Gasteiger partial charge in [-0.3, -0.25) is 4.79 Å². The number of piperazine rings is 1. The second-order valence-corrected chi connectivity index (χ2v) is 7.85. The van der Waals surface area contributed by atoms with Crippen LogP contribution in [0.3, 0.4) is 0 Å². The van der Waals surface area contributed by atoms with Gasteiger partial charge in [-0.2, -0.15) is 18.3 Å². The third-order valence-electron chi connectivity index (χ3n) is 5.39. The van der Waals surface area contributed by atoms with Gasteiger partial charge < -0.3 is 9.80 Å². The Morgan fingerprint density at radius 2 is 1.62 bits per heavy atom. The zero-order valence-corrected chi connectivity index (χ0v) is 18.0. The predicted octanol–water partition coefficient (Wildman–Crippen LogP) is 3.57. The van der Waals surface area contributed by atoms with E-state index in [1.807, 2.05) is 24.8 Å². The van der Waals surface area contributed by atoms with Gasteiger partial charge >= 0.3 is 6.18 Å². The van der Waals surface area contributed by atoms with Crippen molar-refractivity contribution in [3.63, 3.8) is 0 Å². The molecule has 0 atom stereocenters. The molecule has 0 spiro atoms. The summed E-state index contributed by atoms with van der Waals surface area (Å²) >= 11 is 0. The smallest absolute Gasteiger partial charge is 0.353 e. The average molecular weight is 444 g/mol. The third kappa shape index (κ3) is 4.30. The van der Waals surface area contributed by atoms with Crippen molar-refractivity contribution in [2.75, 3.05) is 31.1 Å². The number of anilines is 1. The molecule has 10 heteroatoms. The number of carbonyl (C=O) groups is 1. The summed E-state index contributed by atoms with van der Waals surface area (Å²) in [6.07, 6.45) is -3.72. The van der Waals surface area contributed by atoms with E-state index in [9.17, 15) is 18.0 Å². The molecule has 0 aliphatic carbocycles. The maximum atomic E-state index is 13.9. The highest BCUT2D eigenvalue weighted by atomic mass is 19.4. The number of benzene rings is 1. The number of nitrogens with zero attached hydrogens (tertiary/aromatic N) is 6. The van der Waals surface area contributed by atoms with E-state index < -0.39 is 23.3 Å². The van der Waals surface area contributed by atoms with Crippen molar-refractivity contribution in [3.8, 4) is 5.69 Å². The van der Waals surface area contributed by atoms with Gasteiger partial charge in [-0.05, 0) is 32.9 Å². The maximum Gasteiger partial charge on any atom is 0.434 e. The van der Waals surface area contributed by atoms with Crippen molar-refractivity contribution in [3.05, 3.63) is 64.9 Å². The van der Waals surface area contributed by atoms with Gasteiger partial charge in [0.1, 0.15) is 11.6 Å². The number of rotatable bonds is 3. The molecule has 1 amide bonds. The summed E-state index contributed by atoms with van der Waals surface area (Å²) < 4.78 is 42.6. The normalized spacial score (nSPS) is 14.7. The molecule has 32 heavy (non-hydrogen) atoms. The number of alkyl halides is 3. The van der Waals surface area contributed by atoms with E-state index in [2.05, 4.69) is 15.1 Å². The molecule has 168 valence electrons. The number of aromatic nitrogens is 4. The van der Waals surface area contributed by atoms with Gasteiger partial charge in [0.2, 0.25) is 0 Å². The molecule has 7 nitrogen and oxygen atoms in total. The number of halogens is 3. The lowest BCUT2D eigenvalue weighted by atomic mass is 10.1. The van der Waals surface area contributed by atoms with E-state index in [0.717, 1.165) is 28.0 Å². The molecule has 4 rings (SSSR count). The molecule has 1 aromatic carbocycles. The first-order valence-corrected chi connectivity index (χ1v) is 10.2. The van der Waals surface area contributed by atoms with Gasteiger partial charge in [0.25, 0.3) is 5.91 Å². The lowest BCUT2D eigenvalue weighted by Crippen LogP contribution is -2.49. The molecule has 0 saturated carbocycles. The Kier molecular flexibility index (Phi) is 5.62. The van der Waals surface area contributed by atoms with E-state index in [4.69, 9.17) is 0 Å². The van der Waals surface area contributed by atoms with E-state index in [1.165, 1.54) is 4.90 Å². The fourth-order valence-electron chi connectivity index (χ4n) is 3.83. The topological polar surface area (TPSA) is 67.2 Å². The highest BCUT2D eigenvalue weighted by molar-refractivity contribution is 5.95. The lowest BCUT2D eigenvalue weighted by molar-refractivity contribution is -0.143. The van der Waals surface area contributed by atoms with E-state index >= 15 is 0 Å². The van der Waals surface area contributed by atoms with Crippen LogP contribution in [0.15, 0.2) is 36.5 Å². The number of carbonyl (C=O) groups excluding carboxylic acids is 1. The van der Waals surface area contributed by atoms with Crippen molar-refractivity contribution in [1.82, 2.24) is 24.6 Å². The van der Waals surface area contributed by atoms with Crippen LogP contribution in [-0.4, -0.2) is 56.7 Å². The summed E-state index contributed by atoms with van der Waals surface area (Å²) in [5, 5.41) is 3.90. The van der Waals surface area contributed by atoms with Crippen LogP contribution in [0.4, 0.5) is 19.0 Å². The van der Waals surface area contributed by atoms with Crippen molar-refractivity contribution in [2.24, 2.45) is 0 Å². The molecule has 2 aromatic heterocycles. The molecule has 0 bridgehead atoms. The summed E-state index contributed by atoms with van der Waals surface area (Å²) in [6.45, 7) is 7.03. The van der Waals surface area contributed by atoms with Crippen LogP contribution in [-0.2, 0) is 6.18 Å². The Bertz CT molecular complexity index is 1110. The lowest BCUT2D eigenvalue weighted by Gasteiger charge is -2.35. The van der Waals surface area contributed by atoms with Gasteiger partial charge in [-0.15, -0.1) is 0 Å². The van der Waals surface area contributed by atoms with Gasteiger partial charge in [-0.1, -0.05) is 17.7 Å². The molecule has 1 aliphatic rings. The monoisotopic (exact) mass is 444 g/mol. The fourth-order valence-corrected chi connectivity index (χ4v) is 3.83. The molecular weight excluding hydrogens is 421 g/mol. The zero-order valence-electron chi connectivity index (χ0n) is 18.0. The van der Waals surface area contributed by atoms with Gasteiger partial charge in [0, 0.05) is 37.9 Å². The summed E-state index contributed by atoms with van der Waals surface area (Å²) in [4.78, 5) is 25.2. The Hall–Kier alpha value is -3.43. The predicted molar refractivity (Wildman–Crippen MR) is 113 cm³/mol. The summed E-state index contributed by atoms with van der Waals surface area (Å²) in [5.74, 6) is 0.729. The van der Waals surface area contributed by atoms with Crippen molar-refractivity contribution < 1.29 is 18.0 Å². The van der Waals surface area contributed by atoms with Crippen LogP contribution >= 0.6 is 0 Å². The molecule has 1 fully saturated rings. The van der Waals surface area contributed by atoms with Crippen LogP contribution in [0, 0.1) is 20.8 Å². The highest BCUT2D eigenvalue weighted by Gasteiger charge is 2.41. The molecule has 0 radical (unpaired) electrons. The van der Waals surface area contributed by atoms with Gasteiger partial charge in [-0.25, -0.2) is 14.6 Å². The molecule has 0 N–H and O–H groups in total. The Morgan fingerprint density at radius 3 is 2.22 bits per heavy atom. The minimum Gasteiger partial charge on any atom is -0.353 e. The standard InChI is InChI=1S/C22H23F3N6O/c1-14-4-6-17(7-5-14)31-20(22(23,24)25)18(13-26-31)21(32)30-10-8-29(9-11-30)19-12-15(2)27-16(3)28-19/h4-7,12-13H,8-11H2,1-3H3. The van der Waals surface area contributed by atoms with Crippen LogP contribution in [0.5, 0.6) is 0 Å². The highest BCUT2D eigenvalue weighted by Crippen LogP contribution is 2.34. The van der Waals surface area contributed by atoms with Crippen molar-refractivity contribution in [1.29, 1.82) is 0 Å². The maximum absolute atomic E-state index is 13.9. The number of hydrogen-bond donors (Lipinski definition) is 0. The number of hydrogen-bond acceptors (Lipinski definition) is 5. The minimum absolute atomic E-state index is 0.251. The second-order valence-electron chi connectivity index (χ2n) is 7.85. The summed E-state index contributed by atoms with van der Waals surface area (Å²) in [5.41, 5.74) is 0.499. The first kappa shape index (κ1) is 21.8. The summed E-state index contributed by atoms with van der Waals surface area (Å²) in [7, 11) is 0. The van der Waals surface area contributed by atoms with E-state index in [1.54, 1.807) is 31.2 Å². The van der Waals surface area contributed by atoms with Gasteiger partial charge in [0.05, 0.1) is 17.4 Å². The number of amides is 1. The quantitative estimate of drug-likeness (QED) is 0.618. The Labute approximate surface area is 183 Å². The van der Waals surface area contributed by atoms with Crippen LogP contribution in [0.1, 0.15) is 33.1 Å². The summed E-state index contributed by atoms with van der Waals surface area (Å²) in [6, 6.07) is 8.37. The molecule has 1 aliphatic heterocycles. The van der Waals surface area contributed by atoms with E-state index in [0.29, 0.717) is 18.9 Å². The SMILES string of the molecule is Cc1ccc(-n2ncc(C(=O)N3CCN(c4cc(C)nc(C)n4)CC3)c2C(F)(F)F)cc1. The van der Waals surface area contributed by atoms with Crippen molar-refractivity contribution in [2.45, 2.75) is 26.9 Å². The van der Waals surface area contributed by atoms with Crippen molar-refractivity contribution >= 4 is 11.7 Å². The van der Waals surface area contributed by atoms with Gasteiger partial charge in [0.15, 0.2) is 5.69 Å². The molecule has 0 unspecified atom stereocenters. The van der Waals surface area contributed by atoms with Crippen LogP contribution in [0.25, 0.3) is 5.69 Å². The first-order chi connectivity index (χ1) is 15.1. The fraction of sp³-hybridized carbons (Fsp3) is 0.364.